The van der Waals surface area contributed by atoms with Gasteiger partial charge in [0.05, 0.1) is 12.2 Å². The number of nitrogens with zero attached hydrogens (tertiary/aromatic N) is 1. The smallest absolute Gasteiger partial charge is 0.317 e. The Morgan fingerprint density at radius 2 is 2.00 bits per heavy atom. The summed E-state index contributed by atoms with van der Waals surface area (Å²) < 4.78 is 5.58. The van der Waals surface area contributed by atoms with Crippen molar-refractivity contribution in [2.75, 3.05) is 13.6 Å². The van der Waals surface area contributed by atoms with E-state index in [4.69, 9.17) is 4.74 Å². The number of carbonyl (C=O) groups is 1. The molecule has 0 saturated heterocycles. The molecule has 1 saturated carbocycles. The number of carbonyl (C=O) groups excluding carboxylic acids is 1. The van der Waals surface area contributed by atoms with Crippen LogP contribution in [0.4, 0.5) is 4.79 Å². The second-order valence-electron chi connectivity index (χ2n) is 6.25. The summed E-state index contributed by atoms with van der Waals surface area (Å²) >= 11 is 0. The average molecular weight is 306 g/mol. The van der Waals surface area contributed by atoms with Crippen molar-refractivity contribution in [1.82, 2.24) is 10.2 Å². The average Bonchev–Trinajstić information content (AvgIpc) is 3.30. The minimum Gasteiger partial charge on any atom is -0.491 e. The second-order valence-corrected chi connectivity index (χ2v) is 6.25. The zero-order valence-electron chi connectivity index (χ0n) is 13.6. The molecule has 1 fully saturated rings. The summed E-state index contributed by atoms with van der Waals surface area (Å²) in [5.74, 6) is 1.21. The van der Waals surface area contributed by atoms with Crippen LogP contribution < -0.4 is 10.1 Å². The van der Waals surface area contributed by atoms with Crippen LogP contribution in [0, 0.1) is 5.92 Å². The normalized spacial score (nSPS) is 15.5. The molecule has 5 heteroatoms. The van der Waals surface area contributed by atoms with Crippen LogP contribution >= 0.6 is 0 Å². The lowest BCUT2D eigenvalue weighted by atomic mass is 10.2. The van der Waals surface area contributed by atoms with Gasteiger partial charge >= 0.3 is 6.03 Å². The van der Waals surface area contributed by atoms with E-state index < -0.39 is 6.10 Å². The minimum absolute atomic E-state index is 0.150. The van der Waals surface area contributed by atoms with Gasteiger partial charge < -0.3 is 20.1 Å². The number of hydrogen-bond acceptors (Lipinski definition) is 3. The number of aliphatic hydroxyl groups excluding tert-OH is 1. The number of likely N-dealkylation sites (N-methyl/N-ethyl adjacent to an activating group) is 1. The second kappa shape index (κ2) is 7.49. The van der Waals surface area contributed by atoms with Crippen molar-refractivity contribution in [3.8, 4) is 5.75 Å². The Morgan fingerprint density at radius 3 is 2.55 bits per heavy atom. The number of rotatable bonds is 7. The molecule has 1 aromatic carbocycles. The summed E-state index contributed by atoms with van der Waals surface area (Å²) in [6.07, 6.45) is 1.89. The maximum atomic E-state index is 12.0. The van der Waals surface area contributed by atoms with Crippen LogP contribution in [0.5, 0.6) is 5.75 Å². The Morgan fingerprint density at radius 1 is 1.36 bits per heavy atom. The van der Waals surface area contributed by atoms with Crippen LogP contribution in [0.25, 0.3) is 0 Å². The van der Waals surface area contributed by atoms with Crippen molar-refractivity contribution in [3.05, 3.63) is 29.8 Å². The molecule has 0 aliphatic heterocycles. The molecule has 1 atom stereocenters. The maximum Gasteiger partial charge on any atom is 0.317 e. The summed E-state index contributed by atoms with van der Waals surface area (Å²) in [5.41, 5.74) is 1.01. The van der Waals surface area contributed by atoms with Crippen LogP contribution in [0.15, 0.2) is 24.3 Å². The fourth-order valence-electron chi connectivity index (χ4n) is 2.26. The highest BCUT2D eigenvalue weighted by Crippen LogP contribution is 2.32. The van der Waals surface area contributed by atoms with E-state index in [9.17, 15) is 9.90 Å². The van der Waals surface area contributed by atoms with Crippen LogP contribution in [0.2, 0.25) is 0 Å². The molecule has 0 radical (unpaired) electrons. The van der Waals surface area contributed by atoms with E-state index >= 15 is 0 Å². The molecular weight excluding hydrogens is 280 g/mol. The Kier molecular flexibility index (Phi) is 5.66. The lowest BCUT2D eigenvalue weighted by molar-refractivity contribution is 0.113. The Labute approximate surface area is 132 Å². The molecule has 0 bridgehead atoms. The van der Waals surface area contributed by atoms with Crippen LogP contribution in [-0.4, -0.2) is 41.8 Å². The van der Waals surface area contributed by atoms with Crippen molar-refractivity contribution in [3.63, 3.8) is 0 Å². The quantitative estimate of drug-likeness (QED) is 0.813. The van der Waals surface area contributed by atoms with Crippen LogP contribution in [0.1, 0.15) is 32.3 Å². The molecule has 22 heavy (non-hydrogen) atoms. The molecule has 0 heterocycles. The number of aliphatic hydroxyl groups is 1. The molecule has 2 N–H and O–H groups in total. The number of ether oxygens (including phenoxy) is 1. The predicted molar refractivity (Wildman–Crippen MR) is 85.8 cm³/mol. The zero-order chi connectivity index (χ0) is 16.1. The van der Waals surface area contributed by atoms with Crippen molar-refractivity contribution in [1.29, 1.82) is 0 Å². The molecule has 1 aliphatic rings. The van der Waals surface area contributed by atoms with Crippen LogP contribution in [0.3, 0.4) is 0 Å². The lowest BCUT2D eigenvalue weighted by Crippen LogP contribution is -2.41. The lowest BCUT2D eigenvalue weighted by Gasteiger charge is -2.21. The van der Waals surface area contributed by atoms with Gasteiger partial charge in [-0.15, -0.1) is 0 Å². The van der Waals surface area contributed by atoms with Gasteiger partial charge in [0, 0.05) is 20.1 Å². The summed E-state index contributed by atoms with van der Waals surface area (Å²) in [6.45, 7) is 4.82. The molecule has 1 aromatic rings. The third-order valence-corrected chi connectivity index (χ3v) is 3.71. The van der Waals surface area contributed by atoms with E-state index in [1.165, 1.54) is 0 Å². The fourth-order valence-corrected chi connectivity index (χ4v) is 2.26. The van der Waals surface area contributed by atoms with E-state index in [1.54, 1.807) is 11.9 Å². The summed E-state index contributed by atoms with van der Waals surface area (Å²) in [5, 5.41) is 12.7. The molecule has 2 rings (SSSR count). The standard InChI is InChI=1S/C17H26N2O3/c1-12(2)22-15-8-4-13(5-9-15)10-18-17(21)19(3)11-16(20)14-6-7-14/h4-5,8-9,12,14,16,20H,6-7,10-11H2,1-3H3,(H,18,21). The first-order valence-electron chi connectivity index (χ1n) is 7.88. The van der Waals surface area contributed by atoms with E-state index in [1.807, 2.05) is 38.1 Å². The van der Waals surface area contributed by atoms with E-state index in [0.29, 0.717) is 19.0 Å². The third-order valence-electron chi connectivity index (χ3n) is 3.71. The highest BCUT2D eigenvalue weighted by molar-refractivity contribution is 5.73. The SMILES string of the molecule is CC(C)Oc1ccc(CNC(=O)N(C)CC(O)C2CC2)cc1. The molecule has 2 amide bonds. The topological polar surface area (TPSA) is 61.8 Å². The molecule has 5 nitrogen and oxygen atoms in total. The first-order valence-corrected chi connectivity index (χ1v) is 7.88. The Hall–Kier alpha value is -1.75. The summed E-state index contributed by atoms with van der Waals surface area (Å²) in [7, 11) is 1.71. The fraction of sp³-hybridized carbons (Fsp3) is 0.588. The van der Waals surface area contributed by atoms with E-state index in [0.717, 1.165) is 24.2 Å². The Balaban J connectivity index is 1.75. The monoisotopic (exact) mass is 306 g/mol. The summed E-state index contributed by atoms with van der Waals surface area (Å²) in [4.78, 5) is 13.5. The molecule has 1 aliphatic carbocycles. The number of benzene rings is 1. The first-order chi connectivity index (χ1) is 10.5. The largest absolute Gasteiger partial charge is 0.491 e. The van der Waals surface area contributed by atoms with Gasteiger partial charge in [0.15, 0.2) is 0 Å². The molecular formula is C17H26N2O3. The molecule has 0 spiro atoms. The number of nitrogens with one attached hydrogen (secondary N) is 1. The number of amides is 2. The molecule has 122 valence electrons. The van der Waals surface area contributed by atoms with E-state index in [-0.39, 0.29) is 12.1 Å². The van der Waals surface area contributed by atoms with E-state index in [2.05, 4.69) is 5.32 Å². The van der Waals surface area contributed by atoms with Gasteiger partial charge in [0.25, 0.3) is 0 Å². The number of urea groups is 1. The minimum atomic E-state index is -0.400. The van der Waals surface area contributed by atoms with Crippen LogP contribution in [-0.2, 0) is 6.54 Å². The third kappa shape index (κ3) is 5.22. The maximum absolute atomic E-state index is 12.0. The van der Waals surface area contributed by atoms with Crippen molar-refractivity contribution >= 4 is 6.03 Å². The van der Waals surface area contributed by atoms with Gasteiger partial charge in [-0.25, -0.2) is 4.79 Å². The van der Waals surface area contributed by atoms with Gasteiger partial charge in [-0.3, -0.25) is 0 Å². The molecule has 1 unspecified atom stereocenters. The zero-order valence-corrected chi connectivity index (χ0v) is 13.6. The first kappa shape index (κ1) is 16.6. The van der Waals surface area contributed by atoms with Crippen molar-refractivity contribution in [2.24, 2.45) is 5.92 Å². The Bertz CT molecular complexity index is 483. The highest BCUT2D eigenvalue weighted by atomic mass is 16.5. The van der Waals surface area contributed by atoms with Crippen molar-refractivity contribution < 1.29 is 14.6 Å². The van der Waals surface area contributed by atoms with Gasteiger partial charge in [-0.05, 0) is 50.3 Å². The number of hydrogen-bond donors (Lipinski definition) is 2. The highest BCUT2D eigenvalue weighted by Gasteiger charge is 2.31. The van der Waals surface area contributed by atoms with Gasteiger partial charge in [0.2, 0.25) is 0 Å². The predicted octanol–water partition coefficient (Wildman–Crippen LogP) is 2.39. The van der Waals surface area contributed by atoms with Gasteiger partial charge in [-0.2, -0.15) is 0 Å². The van der Waals surface area contributed by atoms with Gasteiger partial charge in [0.1, 0.15) is 5.75 Å². The van der Waals surface area contributed by atoms with Crippen molar-refractivity contribution in [2.45, 2.75) is 45.4 Å². The summed E-state index contributed by atoms with van der Waals surface area (Å²) in [6, 6.07) is 7.53. The van der Waals surface area contributed by atoms with Gasteiger partial charge in [-0.1, -0.05) is 12.1 Å². The molecule has 0 aromatic heterocycles.